The number of hydrogen-bond acceptors (Lipinski definition) is 3. The van der Waals surface area contributed by atoms with Crippen LogP contribution in [0.2, 0.25) is 0 Å². The molecule has 0 radical (unpaired) electrons. The molecule has 1 unspecified atom stereocenters. The number of nitrogens with one attached hydrogen (secondary N) is 2. The van der Waals surface area contributed by atoms with Crippen LogP contribution in [0.1, 0.15) is 53.9 Å². The van der Waals surface area contributed by atoms with Crippen LogP contribution in [0.3, 0.4) is 0 Å². The third-order valence-corrected chi connectivity index (χ3v) is 5.04. The van der Waals surface area contributed by atoms with Crippen LogP contribution >= 0.6 is 0 Å². The summed E-state index contributed by atoms with van der Waals surface area (Å²) >= 11 is 0. The van der Waals surface area contributed by atoms with Crippen molar-refractivity contribution >= 4 is 11.8 Å². The van der Waals surface area contributed by atoms with E-state index in [1.807, 2.05) is 43.3 Å². The van der Waals surface area contributed by atoms with Gasteiger partial charge in [0.2, 0.25) is 5.91 Å². The normalized spacial score (nSPS) is 15.1. The molecule has 5 heteroatoms. The molecule has 0 aromatic heterocycles. The highest BCUT2D eigenvalue weighted by molar-refractivity contribution is 5.94. The molecule has 1 heterocycles. The van der Waals surface area contributed by atoms with Gasteiger partial charge < -0.3 is 15.4 Å². The van der Waals surface area contributed by atoms with E-state index in [4.69, 9.17) is 4.74 Å². The molecule has 2 aromatic rings. The first kappa shape index (κ1) is 19.7. The van der Waals surface area contributed by atoms with E-state index in [-0.39, 0.29) is 23.3 Å². The van der Waals surface area contributed by atoms with Crippen molar-refractivity contribution in [2.45, 2.75) is 38.8 Å². The summed E-state index contributed by atoms with van der Waals surface area (Å²) in [5, 5.41) is 5.79. The van der Waals surface area contributed by atoms with Crippen molar-refractivity contribution in [3.05, 3.63) is 77.4 Å². The quantitative estimate of drug-likeness (QED) is 0.754. The van der Waals surface area contributed by atoms with Crippen molar-refractivity contribution in [1.82, 2.24) is 10.6 Å². The van der Waals surface area contributed by atoms with E-state index in [0.29, 0.717) is 18.7 Å². The summed E-state index contributed by atoms with van der Waals surface area (Å²) in [4.78, 5) is 24.0. The number of ether oxygens (including phenoxy) is 1. The van der Waals surface area contributed by atoms with Gasteiger partial charge in [-0.3, -0.25) is 9.59 Å². The Morgan fingerprint density at radius 1 is 1.21 bits per heavy atom. The Labute approximate surface area is 165 Å². The van der Waals surface area contributed by atoms with Gasteiger partial charge in [0.25, 0.3) is 5.91 Å². The molecule has 0 spiro atoms. The summed E-state index contributed by atoms with van der Waals surface area (Å²) in [6, 6.07) is 13.3. The zero-order chi connectivity index (χ0) is 20.3. The summed E-state index contributed by atoms with van der Waals surface area (Å²) in [5.74, 6) is 0.544. The fourth-order valence-corrected chi connectivity index (χ4v) is 3.23. The first-order valence-corrected chi connectivity index (χ1v) is 9.37. The fraction of sp³-hybridized carbons (Fsp3) is 0.304. The highest BCUT2D eigenvalue weighted by Gasteiger charge is 2.32. The number of carbonyl (C=O) groups excluding carboxylic acids is 2. The van der Waals surface area contributed by atoms with E-state index in [0.717, 1.165) is 22.4 Å². The maximum absolute atomic E-state index is 12.5. The summed E-state index contributed by atoms with van der Waals surface area (Å²) in [5.41, 5.74) is 3.60. The molecule has 28 heavy (non-hydrogen) atoms. The highest BCUT2D eigenvalue weighted by atomic mass is 16.5. The molecular formula is C23H26N2O3. The molecule has 2 aromatic carbocycles. The Balaban J connectivity index is 1.61. The monoisotopic (exact) mass is 378 g/mol. The minimum Gasteiger partial charge on any atom is -0.492 e. The Morgan fingerprint density at radius 2 is 1.93 bits per heavy atom. The lowest BCUT2D eigenvalue weighted by Gasteiger charge is -2.16. The Kier molecular flexibility index (Phi) is 5.54. The Bertz CT molecular complexity index is 901. The molecule has 146 valence electrons. The maximum Gasteiger partial charge on any atom is 0.251 e. The van der Waals surface area contributed by atoms with Crippen LogP contribution in [0.4, 0.5) is 0 Å². The molecule has 2 N–H and O–H groups in total. The SMILES string of the molecule is C=CC(=O)NC(C)c1ccc(CNC(=O)c2ccc3c(c2)C(C)(C)CO3)cc1. The summed E-state index contributed by atoms with van der Waals surface area (Å²) < 4.78 is 5.68. The van der Waals surface area contributed by atoms with Gasteiger partial charge in [-0.25, -0.2) is 0 Å². The molecule has 0 saturated carbocycles. The van der Waals surface area contributed by atoms with Gasteiger partial charge in [0.05, 0.1) is 12.6 Å². The third-order valence-electron chi connectivity index (χ3n) is 5.04. The van der Waals surface area contributed by atoms with Gasteiger partial charge in [-0.1, -0.05) is 44.7 Å². The lowest BCUT2D eigenvalue weighted by atomic mass is 9.86. The van der Waals surface area contributed by atoms with Crippen LogP contribution in [-0.4, -0.2) is 18.4 Å². The fourth-order valence-electron chi connectivity index (χ4n) is 3.23. The molecule has 0 bridgehead atoms. The van der Waals surface area contributed by atoms with Crippen LogP contribution in [0, 0.1) is 0 Å². The van der Waals surface area contributed by atoms with Crippen LogP contribution in [-0.2, 0) is 16.8 Å². The average molecular weight is 378 g/mol. The standard InChI is InChI=1S/C23H26N2O3/c1-5-21(26)25-15(2)17-8-6-16(7-9-17)13-24-22(27)18-10-11-20-19(12-18)23(3,4)14-28-20/h5-12,15H,1,13-14H2,2-4H3,(H,24,27)(H,25,26). The average Bonchev–Trinajstić information content (AvgIpc) is 3.00. The Morgan fingerprint density at radius 3 is 2.61 bits per heavy atom. The molecule has 1 aliphatic rings. The van der Waals surface area contributed by atoms with Gasteiger partial charge in [0.15, 0.2) is 0 Å². The van der Waals surface area contributed by atoms with Crippen molar-refractivity contribution in [3.8, 4) is 5.75 Å². The molecule has 0 aliphatic carbocycles. The zero-order valence-electron chi connectivity index (χ0n) is 16.5. The number of benzene rings is 2. The molecule has 5 nitrogen and oxygen atoms in total. The predicted octanol–water partition coefficient (Wildman–Crippen LogP) is 3.65. The number of carbonyl (C=O) groups is 2. The minimum atomic E-state index is -0.202. The second-order valence-corrected chi connectivity index (χ2v) is 7.74. The predicted molar refractivity (Wildman–Crippen MR) is 109 cm³/mol. The first-order chi connectivity index (χ1) is 13.3. The topological polar surface area (TPSA) is 67.4 Å². The van der Waals surface area contributed by atoms with E-state index < -0.39 is 0 Å². The largest absolute Gasteiger partial charge is 0.492 e. The van der Waals surface area contributed by atoms with Crippen molar-refractivity contribution in [1.29, 1.82) is 0 Å². The van der Waals surface area contributed by atoms with Gasteiger partial charge in [-0.15, -0.1) is 0 Å². The minimum absolute atomic E-state index is 0.0842. The number of rotatable bonds is 6. The van der Waals surface area contributed by atoms with E-state index >= 15 is 0 Å². The van der Waals surface area contributed by atoms with E-state index in [9.17, 15) is 9.59 Å². The summed E-state index contributed by atoms with van der Waals surface area (Å²) in [6.45, 7) is 10.7. The molecular weight excluding hydrogens is 352 g/mol. The van der Waals surface area contributed by atoms with Gasteiger partial charge in [-0.2, -0.15) is 0 Å². The number of fused-ring (bicyclic) bond motifs is 1. The molecule has 1 atom stereocenters. The molecule has 2 amide bonds. The second kappa shape index (κ2) is 7.89. The number of amides is 2. The van der Waals surface area contributed by atoms with Gasteiger partial charge in [0, 0.05) is 23.1 Å². The van der Waals surface area contributed by atoms with E-state index in [1.165, 1.54) is 6.08 Å². The molecule has 0 fully saturated rings. The Hall–Kier alpha value is -3.08. The first-order valence-electron chi connectivity index (χ1n) is 9.37. The van der Waals surface area contributed by atoms with Crippen molar-refractivity contribution in [2.75, 3.05) is 6.61 Å². The van der Waals surface area contributed by atoms with Crippen molar-refractivity contribution in [3.63, 3.8) is 0 Å². The van der Waals surface area contributed by atoms with Crippen LogP contribution in [0.5, 0.6) is 5.75 Å². The van der Waals surface area contributed by atoms with E-state index in [1.54, 1.807) is 6.07 Å². The maximum atomic E-state index is 12.5. The van der Waals surface area contributed by atoms with Gasteiger partial charge in [0.1, 0.15) is 5.75 Å². The summed E-state index contributed by atoms with van der Waals surface area (Å²) in [6.07, 6.45) is 1.26. The summed E-state index contributed by atoms with van der Waals surface area (Å²) in [7, 11) is 0. The number of hydrogen-bond donors (Lipinski definition) is 2. The zero-order valence-corrected chi connectivity index (χ0v) is 16.5. The molecule has 1 aliphatic heterocycles. The van der Waals surface area contributed by atoms with Crippen LogP contribution < -0.4 is 15.4 Å². The lowest BCUT2D eigenvalue weighted by molar-refractivity contribution is -0.117. The highest BCUT2D eigenvalue weighted by Crippen LogP contribution is 2.38. The van der Waals surface area contributed by atoms with Crippen molar-refractivity contribution in [2.24, 2.45) is 0 Å². The van der Waals surface area contributed by atoms with Gasteiger partial charge >= 0.3 is 0 Å². The van der Waals surface area contributed by atoms with Crippen LogP contribution in [0.15, 0.2) is 55.1 Å². The smallest absolute Gasteiger partial charge is 0.251 e. The van der Waals surface area contributed by atoms with Gasteiger partial charge in [-0.05, 0) is 42.3 Å². The van der Waals surface area contributed by atoms with E-state index in [2.05, 4.69) is 31.1 Å². The molecule has 3 rings (SSSR count). The molecule has 0 saturated heterocycles. The van der Waals surface area contributed by atoms with Crippen LogP contribution in [0.25, 0.3) is 0 Å². The third kappa shape index (κ3) is 4.25. The lowest BCUT2D eigenvalue weighted by Crippen LogP contribution is -2.25. The van der Waals surface area contributed by atoms with Crippen molar-refractivity contribution < 1.29 is 14.3 Å². The second-order valence-electron chi connectivity index (χ2n) is 7.74.